The predicted octanol–water partition coefficient (Wildman–Crippen LogP) is 3.48. The smallest absolute Gasteiger partial charge is 0.321 e. The van der Waals surface area contributed by atoms with Crippen molar-refractivity contribution in [1.29, 1.82) is 0 Å². The molecule has 0 unspecified atom stereocenters. The van der Waals surface area contributed by atoms with Gasteiger partial charge in [0.25, 0.3) is 0 Å². The Hall–Kier alpha value is -3.42. The molecule has 1 heterocycles. The maximum absolute atomic E-state index is 12.6. The molecule has 2 aromatic rings. The van der Waals surface area contributed by atoms with Crippen LogP contribution < -0.4 is 20.1 Å². The molecule has 8 nitrogen and oxygen atoms in total. The summed E-state index contributed by atoms with van der Waals surface area (Å²) in [6, 6.07) is 14.1. The van der Waals surface area contributed by atoms with E-state index in [4.69, 9.17) is 9.47 Å². The van der Waals surface area contributed by atoms with E-state index in [1.807, 2.05) is 36.4 Å². The Kier molecular flexibility index (Phi) is 6.78. The van der Waals surface area contributed by atoms with E-state index >= 15 is 0 Å². The Morgan fingerprint density at radius 2 is 1.21 bits per heavy atom. The lowest BCUT2D eigenvalue weighted by Gasteiger charge is -2.23. The Balaban J connectivity index is 1.55. The molecule has 0 aromatic heterocycles. The molecule has 1 aliphatic heterocycles. The largest absolute Gasteiger partial charge is 0.497 e. The van der Waals surface area contributed by atoms with E-state index in [0.717, 1.165) is 0 Å². The van der Waals surface area contributed by atoms with E-state index in [2.05, 4.69) is 10.6 Å². The molecule has 0 atom stereocenters. The number of urea groups is 2. The second kappa shape index (κ2) is 9.68. The molecule has 154 valence electrons. The molecule has 8 heteroatoms. The summed E-state index contributed by atoms with van der Waals surface area (Å²) >= 11 is 0. The van der Waals surface area contributed by atoms with Crippen molar-refractivity contribution in [3.63, 3.8) is 0 Å². The van der Waals surface area contributed by atoms with Gasteiger partial charge in [-0.25, -0.2) is 9.59 Å². The Labute approximate surface area is 170 Å². The summed E-state index contributed by atoms with van der Waals surface area (Å²) in [6.07, 6.45) is 0.705. The van der Waals surface area contributed by atoms with E-state index in [0.29, 0.717) is 55.5 Å². The summed E-state index contributed by atoms with van der Waals surface area (Å²) in [7, 11) is 3.17. The van der Waals surface area contributed by atoms with Gasteiger partial charge in [0.1, 0.15) is 11.5 Å². The summed E-state index contributed by atoms with van der Waals surface area (Å²) in [6.45, 7) is 2.08. The van der Waals surface area contributed by atoms with E-state index in [1.165, 1.54) is 0 Å². The van der Waals surface area contributed by atoms with Crippen molar-refractivity contribution in [2.45, 2.75) is 6.42 Å². The number of carbonyl (C=O) groups excluding carboxylic acids is 2. The van der Waals surface area contributed by atoms with Crippen LogP contribution in [0, 0.1) is 0 Å². The highest BCUT2D eigenvalue weighted by atomic mass is 16.5. The number of hydrogen-bond acceptors (Lipinski definition) is 4. The van der Waals surface area contributed by atoms with Crippen molar-refractivity contribution < 1.29 is 19.1 Å². The number of carbonyl (C=O) groups is 2. The maximum Gasteiger partial charge on any atom is 0.321 e. The van der Waals surface area contributed by atoms with E-state index in [9.17, 15) is 9.59 Å². The SMILES string of the molecule is COc1cccc(NC(=O)N2CCCN(C(=O)Nc3cccc(OC)c3)CC2)c1. The fourth-order valence-corrected chi connectivity index (χ4v) is 3.13. The van der Waals surface area contributed by atoms with E-state index in [-0.39, 0.29) is 12.1 Å². The standard InChI is InChI=1S/C21H26N4O4/c1-28-18-8-3-6-16(14-18)22-20(26)24-10-5-11-25(13-12-24)21(27)23-17-7-4-9-19(15-17)29-2/h3-4,6-9,14-15H,5,10-13H2,1-2H3,(H,22,26)(H,23,27). The van der Waals surface area contributed by atoms with Gasteiger partial charge in [-0.2, -0.15) is 0 Å². The van der Waals surface area contributed by atoms with Gasteiger partial charge in [-0.05, 0) is 30.7 Å². The molecule has 0 spiro atoms. The third-order valence-corrected chi connectivity index (χ3v) is 4.71. The first-order chi connectivity index (χ1) is 14.1. The van der Waals surface area contributed by atoms with Crippen molar-refractivity contribution in [3.8, 4) is 11.5 Å². The summed E-state index contributed by atoms with van der Waals surface area (Å²) in [4.78, 5) is 28.6. The van der Waals surface area contributed by atoms with Gasteiger partial charge in [0, 0.05) is 49.7 Å². The average molecular weight is 398 g/mol. The maximum atomic E-state index is 12.6. The average Bonchev–Trinajstić information content (AvgIpc) is 3.00. The van der Waals surface area contributed by atoms with Crippen LogP contribution in [0.3, 0.4) is 0 Å². The molecule has 2 aromatic carbocycles. The number of ether oxygens (including phenoxy) is 2. The third-order valence-electron chi connectivity index (χ3n) is 4.71. The highest BCUT2D eigenvalue weighted by Gasteiger charge is 2.22. The van der Waals surface area contributed by atoms with E-state index < -0.39 is 0 Å². The Morgan fingerprint density at radius 3 is 1.62 bits per heavy atom. The van der Waals surface area contributed by atoms with Crippen molar-refractivity contribution >= 4 is 23.4 Å². The van der Waals surface area contributed by atoms with Crippen LogP contribution in [0.5, 0.6) is 11.5 Å². The summed E-state index contributed by atoms with van der Waals surface area (Å²) in [5.74, 6) is 1.36. The zero-order chi connectivity index (χ0) is 20.6. The number of hydrogen-bond donors (Lipinski definition) is 2. The van der Waals surface area contributed by atoms with Crippen LogP contribution in [0.2, 0.25) is 0 Å². The van der Waals surface area contributed by atoms with Crippen LogP contribution in [-0.4, -0.2) is 62.3 Å². The quantitative estimate of drug-likeness (QED) is 0.826. The molecule has 0 bridgehead atoms. The van der Waals surface area contributed by atoms with Crippen molar-refractivity contribution in [3.05, 3.63) is 48.5 Å². The van der Waals surface area contributed by atoms with E-state index in [1.54, 1.807) is 36.2 Å². The number of nitrogens with one attached hydrogen (secondary N) is 2. The predicted molar refractivity (Wildman–Crippen MR) is 112 cm³/mol. The van der Waals surface area contributed by atoms with Crippen LogP contribution in [0.1, 0.15) is 6.42 Å². The number of amides is 4. The fraction of sp³-hybridized carbons (Fsp3) is 0.333. The number of benzene rings is 2. The molecule has 1 saturated heterocycles. The van der Waals surface area contributed by atoms with Crippen LogP contribution in [0.15, 0.2) is 48.5 Å². The molecule has 1 aliphatic rings. The Bertz CT molecular complexity index is 789. The van der Waals surface area contributed by atoms with Gasteiger partial charge in [-0.1, -0.05) is 12.1 Å². The fourth-order valence-electron chi connectivity index (χ4n) is 3.13. The zero-order valence-electron chi connectivity index (χ0n) is 16.7. The molecular formula is C21H26N4O4. The van der Waals surface area contributed by atoms with Gasteiger partial charge < -0.3 is 29.9 Å². The second-order valence-corrected chi connectivity index (χ2v) is 6.65. The number of rotatable bonds is 4. The monoisotopic (exact) mass is 398 g/mol. The molecule has 0 aliphatic carbocycles. The summed E-state index contributed by atoms with van der Waals surface area (Å²) in [5.41, 5.74) is 1.34. The van der Waals surface area contributed by atoms with Gasteiger partial charge in [0.15, 0.2) is 0 Å². The minimum atomic E-state index is -0.187. The lowest BCUT2D eigenvalue weighted by atomic mass is 10.3. The van der Waals surface area contributed by atoms with Gasteiger partial charge >= 0.3 is 12.1 Å². The molecule has 0 radical (unpaired) electrons. The first kappa shape index (κ1) is 20.3. The van der Waals surface area contributed by atoms with Gasteiger partial charge in [0.05, 0.1) is 14.2 Å². The second-order valence-electron chi connectivity index (χ2n) is 6.65. The van der Waals surface area contributed by atoms with Gasteiger partial charge in [0.2, 0.25) is 0 Å². The minimum Gasteiger partial charge on any atom is -0.497 e. The lowest BCUT2D eigenvalue weighted by molar-refractivity contribution is 0.205. The zero-order valence-corrected chi connectivity index (χ0v) is 16.7. The number of nitrogens with zero attached hydrogens (tertiary/aromatic N) is 2. The molecule has 2 N–H and O–H groups in total. The topological polar surface area (TPSA) is 83.1 Å². The molecule has 0 saturated carbocycles. The lowest BCUT2D eigenvalue weighted by Crippen LogP contribution is -2.40. The van der Waals surface area contributed by atoms with Crippen LogP contribution >= 0.6 is 0 Å². The van der Waals surface area contributed by atoms with Crippen molar-refractivity contribution in [1.82, 2.24) is 9.80 Å². The normalized spacial score (nSPS) is 14.0. The summed E-state index contributed by atoms with van der Waals surface area (Å²) in [5, 5.41) is 5.77. The van der Waals surface area contributed by atoms with Crippen molar-refractivity contribution in [2.75, 3.05) is 51.0 Å². The first-order valence-electron chi connectivity index (χ1n) is 9.49. The summed E-state index contributed by atoms with van der Waals surface area (Å²) < 4.78 is 10.4. The van der Waals surface area contributed by atoms with Gasteiger partial charge in [-0.3, -0.25) is 0 Å². The number of methoxy groups -OCH3 is 2. The highest BCUT2D eigenvalue weighted by molar-refractivity contribution is 5.91. The molecular weight excluding hydrogens is 372 g/mol. The first-order valence-corrected chi connectivity index (χ1v) is 9.49. The van der Waals surface area contributed by atoms with Crippen LogP contribution in [-0.2, 0) is 0 Å². The molecule has 29 heavy (non-hydrogen) atoms. The van der Waals surface area contributed by atoms with Crippen LogP contribution in [0.4, 0.5) is 21.0 Å². The molecule has 4 amide bonds. The van der Waals surface area contributed by atoms with Crippen molar-refractivity contribution in [2.24, 2.45) is 0 Å². The van der Waals surface area contributed by atoms with Crippen LogP contribution in [0.25, 0.3) is 0 Å². The number of anilines is 2. The molecule has 1 fully saturated rings. The Morgan fingerprint density at radius 1 is 0.759 bits per heavy atom. The van der Waals surface area contributed by atoms with Gasteiger partial charge in [-0.15, -0.1) is 0 Å². The highest BCUT2D eigenvalue weighted by Crippen LogP contribution is 2.19. The third kappa shape index (κ3) is 5.54. The minimum absolute atomic E-state index is 0.187. The molecule has 3 rings (SSSR count).